The van der Waals surface area contributed by atoms with Crippen LogP contribution in [0.4, 0.5) is 5.69 Å². The molecule has 1 aliphatic heterocycles. The van der Waals surface area contributed by atoms with Gasteiger partial charge >= 0.3 is 0 Å². The number of aryl methyl sites for hydroxylation is 1. The Labute approximate surface area is 134 Å². The van der Waals surface area contributed by atoms with Gasteiger partial charge in [0, 0.05) is 18.7 Å². The standard InChI is InChI=1S/C17H18N2O4/c1-12-6-9-23-15(12)16(20)18-14-5-3-2-4-13(14)17(21)19-7-10-22-11-8-19/h2-6,9H,7-8,10-11H2,1H3,(H,18,20). The number of hydrogen-bond donors (Lipinski definition) is 1. The number of morpholine rings is 1. The van der Waals surface area contributed by atoms with E-state index in [-0.39, 0.29) is 17.6 Å². The number of hydrogen-bond acceptors (Lipinski definition) is 4. The number of rotatable bonds is 3. The molecule has 120 valence electrons. The second kappa shape index (κ2) is 6.66. The number of nitrogens with one attached hydrogen (secondary N) is 1. The van der Waals surface area contributed by atoms with Gasteiger partial charge in [-0.15, -0.1) is 0 Å². The lowest BCUT2D eigenvalue weighted by Crippen LogP contribution is -2.41. The third-order valence-corrected chi connectivity index (χ3v) is 3.77. The summed E-state index contributed by atoms with van der Waals surface area (Å²) in [6.45, 7) is 3.97. The molecule has 0 spiro atoms. The summed E-state index contributed by atoms with van der Waals surface area (Å²) in [5.41, 5.74) is 1.69. The topological polar surface area (TPSA) is 71.8 Å². The maximum Gasteiger partial charge on any atom is 0.291 e. The second-order valence-electron chi connectivity index (χ2n) is 5.34. The minimum Gasteiger partial charge on any atom is -0.459 e. The molecule has 0 unspecified atom stereocenters. The predicted octanol–water partition coefficient (Wildman–Crippen LogP) is 2.31. The van der Waals surface area contributed by atoms with E-state index in [2.05, 4.69) is 5.32 Å². The van der Waals surface area contributed by atoms with Crippen molar-refractivity contribution in [1.29, 1.82) is 0 Å². The molecular weight excluding hydrogens is 296 g/mol. The minimum absolute atomic E-state index is 0.111. The van der Waals surface area contributed by atoms with Crippen LogP contribution in [0.1, 0.15) is 26.5 Å². The SMILES string of the molecule is Cc1ccoc1C(=O)Nc1ccccc1C(=O)N1CCOCC1. The van der Waals surface area contributed by atoms with Gasteiger partial charge in [0.15, 0.2) is 5.76 Å². The Bertz CT molecular complexity index is 717. The van der Waals surface area contributed by atoms with Crippen LogP contribution >= 0.6 is 0 Å². The second-order valence-corrected chi connectivity index (χ2v) is 5.34. The lowest BCUT2D eigenvalue weighted by molar-refractivity contribution is 0.0303. The molecule has 6 nitrogen and oxygen atoms in total. The van der Waals surface area contributed by atoms with Gasteiger partial charge in [0.2, 0.25) is 0 Å². The van der Waals surface area contributed by atoms with Crippen molar-refractivity contribution in [2.75, 3.05) is 31.6 Å². The Balaban J connectivity index is 1.81. The van der Waals surface area contributed by atoms with Crippen LogP contribution in [0.25, 0.3) is 0 Å². The molecule has 0 aliphatic carbocycles. The fraction of sp³-hybridized carbons (Fsp3) is 0.294. The average molecular weight is 314 g/mol. The zero-order valence-electron chi connectivity index (χ0n) is 12.9. The van der Waals surface area contributed by atoms with Gasteiger partial charge in [0.25, 0.3) is 11.8 Å². The summed E-state index contributed by atoms with van der Waals surface area (Å²) in [5, 5.41) is 2.76. The van der Waals surface area contributed by atoms with Crippen LogP contribution in [0.5, 0.6) is 0 Å². The van der Waals surface area contributed by atoms with E-state index in [0.717, 1.165) is 5.56 Å². The van der Waals surface area contributed by atoms with Crippen molar-refractivity contribution in [3.8, 4) is 0 Å². The van der Waals surface area contributed by atoms with Crippen molar-refractivity contribution < 1.29 is 18.7 Å². The highest BCUT2D eigenvalue weighted by molar-refractivity contribution is 6.08. The molecule has 2 heterocycles. The van der Waals surface area contributed by atoms with Crippen LogP contribution in [0.2, 0.25) is 0 Å². The van der Waals surface area contributed by atoms with Crippen LogP contribution in [-0.4, -0.2) is 43.0 Å². The molecular formula is C17H18N2O4. The Morgan fingerprint density at radius 1 is 1.13 bits per heavy atom. The predicted molar refractivity (Wildman–Crippen MR) is 84.6 cm³/mol. The maximum absolute atomic E-state index is 12.7. The van der Waals surface area contributed by atoms with E-state index in [9.17, 15) is 9.59 Å². The lowest BCUT2D eigenvalue weighted by Gasteiger charge is -2.27. The number of amides is 2. The molecule has 1 saturated heterocycles. The minimum atomic E-state index is -0.366. The van der Waals surface area contributed by atoms with Crippen molar-refractivity contribution >= 4 is 17.5 Å². The van der Waals surface area contributed by atoms with E-state index in [1.807, 2.05) is 0 Å². The van der Waals surface area contributed by atoms with Gasteiger partial charge in [0.05, 0.1) is 30.7 Å². The number of carbonyl (C=O) groups is 2. The number of nitrogens with zero attached hydrogens (tertiary/aromatic N) is 1. The molecule has 3 rings (SSSR count). The summed E-state index contributed by atoms with van der Waals surface area (Å²) in [7, 11) is 0. The van der Waals surface area contributed by atoms with E-state index < -0.39 is 0 Å². The number of anilines is 1. The third-order valence-electron chi connectivity index (χ3n) is 3.77. The number of ether oxygens (including phenoxy) is 1. The third kappa shape index (κ3) is 3.27. The van der Waals surface area contributed by atoms with Crippen LogP contribution in [0.3, 0.4) is 0 Å². The molecule has 1 N–H and O–H groups in total. The highest BCUT2D eigenvalue weighted by Gasteiger charge is 2.22. The molecule has 0 bridgehead atoms. The first-order chi connectivity index (χ1) is 11.2. The fourth-order valence-electron chi connectivity index (χ4n) is 2.50. The normalized spacial score (nSPS) is 14.6. The lowest BCUT2D eigenvalue weighted by atomic mass is 10.1. The van der Waals surface area contributed by atoms with Crippen LogP contribution in [0, 0.1) is 6.92 Å². The Morgan fingerprint density at radius 3 is 2.57 bits per heavy atom. The largest absolute Gasteiger partial charge is 0.459 e. The highest BCUT2D eigenvalue weighted by atomic mass is 16.5. The molecule has 0 saturated carbocycles. The van der Waals surface area contributed by atoms with Gasteiger partial charge in [-0.05, 0) is 25.1 Å². The summed E-state index contributed by atoms with van der Waals surface area (Å²) in [4.78, 5) is 26.7. The maximum atomic E-state index is 12.7. The summed E-state index contributed by atoms with van der Waals surface area (Å²) >= 11 is 0. The van der Waals surface area contributed by atoms with Gasteiger partial charge in [-0.1, -0.05) is 12.1 Å². The van der Waals surface area contributed by atoms with Crippen molar-refractivity contribution in [2.45, 2.75) is 6.92 Å². The smallest absolute Gasteiger partial charge is 0.291 e. The molecule has 23 heavy (non-hydrogen) atoms. The highest BCUT2D eigenvalue weighted by Crippen LogP contribution is 2.20. The molecule has 1 aliphatic rings. The Morgan fingerprint density at radius 2 is 1.87 bits per heavy atom. The summed E-state index contributed by atoms with van der Waals surface area (Å²) in [5.74, 6) is -0.228. The monoisotopic (exact) mass is 314 g/mol. The van der Waals surface area contributed by atoms with E-state index >= 15 is 0 Å². The molecule has 1 aromatic carbocycles. The van der Waals surface area contributed by atoms with Crippen molar-refractivity contribution in [2.24, 2.45) is 0 Å². The summed E-state index contributed by atoms with van der Waals surface area (Å²) < 4.78 is 10.5. The van der Waals surface area contributed by atoms with Crippen molar-refractivity contribution in [1.82, 2.24) is 4.90 Å². The molecule has 0 atom stereocenters. The van der Waals surface area contributed by atoms with E-state index in [4.69, 9.17) is 9.15 Å². The Kier molecular flexibility index (Phi) is 4.43. The number of furan rings is 1. The molecule has 6 heteroatoms. The zero-order chi connectivity index (χ0) is 16.2. The first-order valence-corrected chi connectivity index (χ1v) is 7.48. The van der Waals surface area contributed by atoms with Gasteiger partial charge in [-0.3, -0.25) is 9.59 Å². The first kappa shape index (κ1) is 15.3. The van der Waals surface area contributed by atoms with Gasteiger partial charge in [-0.25, -0.2) is 0 Å². The van der Waals surface area contributed by atoms with Crippen molar-refractivity contribution in [3.05, 3.63) is 53.5 Å². The van der Waals surface area contributed by atoms with Gasteiger partial charge in [-0.2, -0.15) is 0 Å². The van der Waals surface area contributed by atoms with Crippen LogP contribution < -0.4 is 5.32 Å². The molecule has 0 radical (unpaired) electrons. The number of para-hydroxylation sites is 1. The number of carbonyl (C=O) groups excluding carboxylic acids is 2. The summed E-state index contributed by atoms with van der Waals surface area (Å²) in [6.07, 6.45) is 1.47. The summed E-state index contributed by atoms with van der Waals surface area (Å²) in [6, 6.07) is 8.70. The van der Waals surface area contributed by atoms with Gasteiger partial charge in [0.1, 0.15) is 0 Å². The van der Waals surface area contributed by atoms with Crippen LogP contribution in [0.15, 0.2) is 41.0 Å². The van der Waals surface area contributed by atoms with Gasteiger partial charge < -0.3 is 19.4 Å². The average Bonchev–Trinajstić information content (AvgIpc) is 3.02. The van der Waals surface area contributed by atoms with E-state index in [1.165, 1.54) is 6.26 Å². The molecule has 2 amide bonds. The first-order valence-electron chi connectivity index (χ1n) is 7.48. The molecule has 1 fully saturated rings. The molecule has 1 aromatic heterocycles. The quantitative estimate of drug-likeness (QED) is 0.943. The fourth-order valence-corrected chi connectivity index (χ4v) is 2.50. The van der Waals surface area contributed by atoms with Crippen molar-refractivity contribution in [3.63, 3.8) is 0 Å². The Hall–Kier alpha value is -2.60. The molecule has 2 aromatic rings. The van der Waals surface area contributed by atoms with E-state index in [0.29, 0.717) is 37.6 Å². The van der Waals surface area contributed by atoms with Crippen LogP contribution in [-0.2, 0) is 4.74 Å². The zero-order valence-corrected chi connectivity index (χ0v) is 12.9. The number of benzene rings is 1. The van der Waals surface area contributed by atoms with E-state index in [1.54, 1.807) is 42.2 Å².